The number of likely N-dealkylation sites (N-methyl/N-ethyl adjacent to an activating group) is 1. The molecule has 108 valence electrons. The zero-order chi connectivity index (χ0) is 15.4. The van der Waals surface area contributed by atoms with Crippen LogP contribution < -0.4 is 4.90 Å². The Morgan fingerprint density at radius 3 is 2.55 bits per heavy atom. The number of hydrogen-bond acceptors (Lipinski definition) is 4. The van der Waals surface area contributed by atoms with Crippen molar-refractivity contribution < 1.29 is 19.2 Å². The highest BCUT2D eigenvalue weighted by atomic mass is 19.1. The first-order valence-corrected chi connectivity index (χ1v) is 5.88. The summed E-state index contributed by atoms with van der Waals surface area (Å²) in [7, 11) is 0. The molecule has 1 N–H and O–H groups in total. The number of halogens is 1. The Morgan fingerprint density at radius 2 is 2.15 bits per heavy atom. The van der Waals surface area contributed by atoms with Gasteiger partial charge in [-0.2, -0.15) is 0 Å². The second-order valence-electron chi connectivity index (χ2n) is 4.35. The SMILES string of the molecule is C=C(C)CN(CC)c1cc(C(=O)O)c([N+](=O)[O-])cc1F. The van der Waals surface area contributed by atoms with Crippen molar-refractivity contribution in [1.29, 1.82) is 0 Å². The highest BCUT2D eigenvalue weighted by Crippen LogP contribution is 2.29. The van der Waals surface area contributed by atoms with E-state index in [-0.39, 0.29) is 5.69 Å². The lowest BCUT2D eigenvalue weighted by atomic mass is 10.1. The highest BCUT2D eigenvalue weighted by Gasteiger charge is 2.25. The quantitative estimate of drug-likeness (QED) is 0.492. The Kier molecular flexibility index (Phi) is 4.79. The summed E-state index contributed by atoms with van der Waals surface area (Å²) in [5.74, 6) is -2.30. The summed E-state index contributed by atoms with van der Waals surface area (Å²) in [6, 6.07) is 1.63. The fourth-order valence-corrected chi connectivity index (χ4v) is 1.81. The summed E-state index contributed by atoms with van der Waals surface area (Å²) >= 11 is 0. The number of aromatic carboxylic acids is 1. The Balaban J connectivity index is 3.41. The summed E-state index contributed by atoms with van der Waals surface area (Å²) < 4.78 is 14.0. The lowest BCUT2D eigenvalue weighted by Crippen LogP contribution is -2.26. The van der Waals surface area contributed by atoms with Crippen molar-refractivity contribution >= 4 is 17.3 Å². The van der Waals surface area contributed by atoms with E-state index < -0.39 is 28.0 Å². The smallest absolute Gasteiger partial charge is 0.342 e. The lowest BCUT2D eigenvalue weighted by molar-refractivity contribution is -0.385. The van der Waals surface area contributed by atoms with Crippen LogP contribution in [0.1, 0.15) is 24.2 Å². The largest absolute Gasteiger partial charge is 0.477 e. The first-order chi connectivity index (χ1) is 9.27. The molecule has 1 aromatic carbocycles. The van der Waals surface area contributed by atoms with Crippen molar-refractivity contribution in [3.05, 3.63) is 45.8 Å². The van der Waals surface area contributed by atoms with E-state index in [1.807, 2.05) is 0 Å². The monoisotopic (exact) mass is 282 g/mol. The number of anilines is 1. The molecule has 0 aromatic heterocycles. The molecule has 0 aliphatic heterocycles. The predicted octanol–water partition coefficient (Wildman–Crippen LogP) is 2.83. The van der Waals surface area contributed by atoms with E-state index in [1.165, 1.54) is 0 Å². The van der Waals surface area contributed by atoms with Crippen LogP contribution in [0.2, 0.25) is 0 Å². The van der Waals surface area contributed by atoms with Crippen LogP contribution in [0.15, 0.2) is 24.3 Å². The molecule has 6 nitrogen and oxygen atoms in total. The van der Waals surface area contributed by atoms with Crippen molar-refractivity contribution in [2.75, 3.05) is 18.0 Å². The van der Waals surface area contributed by atoms with Gasteiger partial charge in [-0.15, -0.1) is 0 Å². The molecule has 1 aromatic rings. The molecule has 0 saturated carbocycles. The predicted molar refractivity (Wildman–Crippen MR) is 72.7 cm³/mol. The maximum Gasteiger partial charge on any atom is 0.342 e. The van der Waals surface area contributed by atoms with E-state index in [4.69, 9.17) is 5.11 Å². The number of carbonyl (C=O) groups is 1. The van der Waals surface area contributed by atoms with Crippen LogP contribution in [0.3, 0.4) is 0 Å². The van der Waals surface area contributed by atoms with Crippen molar-refractivity contribution in [2.45, 2.75) is 13.8 Å². The van der Waals surface area contributed by atoms with Crippen molar-refractivity contribution in [2.24, 2.45) is 0 Å². The highest BCUT2D eigenvalue weighted by molar-refractivity contribution is 5.93. The molecule has 0 bridgehead atoms. The Bertz CT molecular complexity index is 572. The van der Waals surface area contributed by atoms with Gasteiger partial charge in [-0.1, -0.05) is 12.2 Å². The second-order valence-corrected chi connectivity index (χ2v) is 4.35. The molecular formula is C13H15FN2O4. The molecule has 0 heterocycles. The zero-order valence-corrected chi connectivity index (χ0v) is 11.2. The van der Waals surface area contributed by atoms with Crippen LogP contribution in [0, 0.1) is 15.9 Å². The van der Waals surface area contributed by atoms with E-state index in [0.717, 1.165) is 11.6 Å². The first kappa shape index (κ1) is 15.6. The number of nitro groups is 1. The molecular weight excluding hydrogens is 267 g/mol. The summed E-state index contributed by atoms with van der Waals surface area (Å²) in [5.41, 5.74) is -0.517. The van der Waals surface area contributed by atoms with E-state index in [0.29, 0.717) is 19.2 Å². The minimum Gasteiger partial charge on any atom is -0.477 e. The molecule has 0 atom stereocenters. The summed E-state index contributed by atoms with van der Waals surface area (Å²) in [4.78, 5) is 22.5. The van der Waals surface area contributed by atoms with Gasteiger partial charge in [0.15, 0.2) is 5.82 Å². The standard InChI is InChI=1S/C13H15FN2O4/c1-4-15(7-8(2)3)12-5-9(13(17)18)11(16(19)20)6-10(12)14/h5-6H,2,4,7H2,1,3H3,(H,17,18). The first-order valence-electron chi connectivity index (χ1n) is 5.88. The second kappa shape index (κ2) is 6.14. The molecule has 0 aliphatic carbocycles. The summed E-state index contributed by atoms with van der Waals surface area (Å²) in [6.07, 6.45) is 0. The minimum absolute atomic E-state index is 0.0125. The fraction of sp³-hybridized carbons (Fsp3) is 0.308. The van der Waals surface area contributed by atoms with Gasteiger partial charge in [0.05, 0.1) is 16.7 Å². The molecule has 7 heteroatoms. The van der Waals surface area contributed by atoms with Crippen LogP contribution in [-0.2, 0) is 0 Å². The van der Waals surface area contributed by atoms with Crippen LogP contribution in [0.25, 0.3) is 0 Å². The average Bonchev–Trinajstić information content (AvgIpc) is 2.35. The number of hydrogen-bond donors (Lipinski definition) is 1. The van der Waals surface area contributed by atoms with Gasteiger partial charge in [-0.05, 0) is 19.9 Å². The van der Waals surface area contributed by atoms with Crippen LogP contribution in [-0.4, -0.2) is 29.1 Å². The van der Waals surface area contributed by atoms with E-state index in [9.17, 15) is 19.3 Å². The topological polar surface area (TPSA) is 83.7 Å². The summed E-state index contributed by atoms with van der Waals surface area (Å²) in [5, 5.41) is 19.8. The number of carboxylic acid groups (broad SMARTS) is 1. The van der Waals surface area contributed by atoms with Crippen molar-refractivity contribution in [3.63, 3.8) is 0 Å². The molecule has 0 fully saturated rings. The van der Waals surface area contributed by atoms with Gasteiger partial charge in [-0.3, -0.25) is 10.1 Å². The Morgan fingerprint density at radius 1 is 1.55 bits per heavy atom. The average molecular weight is 282 g/mol. The Hall–Kier alpha value is -2.44. The van der Waals surface area contributed by atoms with E-state index in [2.05, 4.69) is 6.58 Å². The van der Waals surface area contributed by atoms with Gasteiger partial charge in [0.2, 0.25) is 0 Å². The minimum atomic E-state index is -1.47. The van der Waals surface area contributed by atoms with Gasteiger partial charge in [-0.25, -0.2) is 9.18 Å². The number of nitro benzene ring substituents is 1. The molecule has 0 aliphatic rings. The van der Waals surface area contributed by atoms with Crippen molar-refractivity contribution in [1.82, 2.24) is 0 Å². The Labute approximate surface area is 115 Å². The number of carboxylic acids is 1. The number of rotatable bonds is 6. The third kappa shape index (κ3) is 3.31. The third-order valence-corrected chi connectivity index (χ3v) is 2.68. The molecule has 0 radical (unpaired) electrons. The molecule has 0 unspecified atom stereocenters. The molecule has 0 amide bonds. The van der Waals surface area contributed by atoms with Crippen molar-refractivity contribution in [3.8, 4) is 0 Å². The molecule has 0 saturated heterocycles. The van der Waals surface area contributed by atoms with Gasteiger partial charge in [0, 0.05) is 13.1 Å². The fourth-order valence-electron chi connectivity index (χ4n) is 1.81. The number of nitrogens with zero attached hydrogens (tertiary/aromatic N) is 2. The van der Waals surface area contributed by atoms with Gasteiger partial charge in [0.25, 0.3) is 5.69 Å². The van der Waals surface area contributed by atoms with Gasteiger partial charge >= 0.3 is 5.97 Å². The third-order valence-electron chi connectivity index (χ3n) is 2.68. The van der Waals surface area contributed by atoms with Crippen LogP contribution >= 0.6 is 0 Å². The lowest BCUT2D eigenvalue weighted by Gasteiger charge is -2.24. The molecule has 20 heavy (non-hydrogen) atoms. The van der Waals surface area contributed by atoms with E-state index in [1.54, 1.807) is 18.7 Å². The van der Waals surface area contributed by atoms with Gasteiger partial charge < -0.3 is 10.0 Å². The van der Waals surface area contributed by atoms with E-state index >= 15 is 0 Å². The maximum absolute atomic E-state index is 14.0. The van der Waals surface area contributed by atoms with Crippen LogP contribution in [0.4, 0.5) is 15.8 Å². The van der Waals surface area contributed by atoms with Gasteiger partial charge in [0.1, 0.15) is 5.56 Å². The number of benzene rings is 1. The van der Waals surface area contributed by atoms with Crippen LogP contribution in [0.5, 0.6) is 0 Å². The zero-order valence-electron chi connectivity index (χ0n) is 11.2. The molecule has 1 rings (SSSR count). The maximum atomic E-state index is 14.0. The normalized spacial score (nSPS) is 10.2. The molecule has 0 spiro atoms. The summed E-state index contributed by atoms with van der Waals surface area (Å²) in [6.45, 7) is 7.99.